The van der Waals surface area contributed by atoms with Crippen molar-refractivity contribution in [2.24, 2.45) is 0 Å². The number of fused-ring (bicyclic) bond motifs is 1. The molecule has 10 heteroatoms. The van der Waals surface area contributed by atoms with Crippen LogP contribution in [0.1, 0.15) is 12.1 Å². The fourth-order valence-corrected chi connectivity index (χ4v) is 4.65. The molecule has 0 saturated carbocycles. The van der Waals surface area contributed by atoms with E-state index in [9.17, 15) is 12.8 Å². The maximum atomic E-state index is 14.3. The van der Waals surface area contributed by atoms with E-state index in [1.54, 1.807) is 16.8 Å². The van der Waals surface area contributed by atoms with Gasteiger partial charge in [-0.05, 0) is 37.2 Å². The van der Waals surface area contributed by atoms with Crippen molar-refractivity contribution in [3.05, 3.63) is 48.7 Å². The van der Waals surface area contributed by atoms with Crippen molar-refractivity contribution in [1.29, 1.82) is 0 Å². The fraction of sp³-hybridized carbons (Fsp3) is 0.320. The number of halogens is 1. The largest absolute Gasteiger partial charge is 0.495 e. The van der Waals surface area contributed by atoms with Crippen LogP contribution in [0.5, 0.6) is 5.75 Å². The van der Waals surface area contributed by atoms with Crippen molar-refractivity contribution in [2.75, 3.05) is 43.6 Å². The van der Waals surface area contributed by atoms with Gasteiger partial charge in [0.25, 0.3) is 0 Å². The van der Waals surface area contributed by atoms with Crippen LogP contribution in [-0.2, 0) is 9.84 Å². The number of methoxy groups -OCH3 is 1. The highest BCUT2D eigenvalue weighted by Gasteiger charge is 2.25. The van der Waals surface area contributed by atoms with E-state index in [0.717, 1.165) is 29.6 Å². The van der Waals surface area contributed by atoms with Crippen LogP contribution in [0.3, 0.4) is 0 Å². The molecule has 2 atom stereocenters. The molecule has 0 radical (unpaired) electrons. The van der Waals surface area contributed by atoms with Gasteiger partial charge < -0.3 is 20.7 Å². The Bertz CT molecular complexity index is 1410. The van der Waals surface area contributed by atoms with E-state index in [0.29, 0.717) is 29.9 Å². The van der Waals surface area contributed by atoms with Gasteiger partial charge in [-0.15, -0.1) is 0 Å². The molecule has 35 heavy (non-hydrogen) atoms. The second-order valence-electron chi connectivity index (χ2n) is 8.24. The van der Waals surface area contributed by atoms with Crippen LogP contribution in [0.15, 0.2) is 47.9 Å². The summed E-state index contributed by atoms with van der Waals surface area (Å²) < 4.78 is 44.7. The summed E-state index contributed by atoms with van der Waals surface area (Å²) in [6, 6.07) is 13.1. The van der Waals surface area contributed by atoms with Gasteiger partial charge in [0.15, 0.2) is 9.84 Å². The van der Waals surface area contributed by atoms with E-state index in [1.165, 1.54) is 19.2 Å². The number of piperidine rings is 1. The Morgan fingerprint density at radius 2 is 2.17 bits per heavy atom. The number of nitrogens with zero attached hydrogens (tertiary/aromatic N) is 2. The van der Waals surface area contributed by atoms with Gasteiger partial charge in [0.05, 0.1) is 41.7 Å². The minimum atomic E-state index is -3.34. The number of hydrogen-bond acceptors (Lipinski definition) is 7. The van der Waals surface area contributed by atoms with Crippen molar-refractivity contribution in [1.82, 2.24) is 15.1 Å². The molecule has 2 heterocycles. The first-order valence-electron chi connectivity index (χ1n) is 11.2. The zero-order valence-corrected chi connectivity index (χ0v) is 20.5. The van der Waals surface area contributed by atoms with Gasteiger partial charge in [0.2, 0.25) is 0 Å². The van der Waals surface area contributed by atoms with E-state index in [1.807, 2.05) is 18.2 Å². The lowest BCUT2D eigenvalue weighted by molar-refractivity contribution is 0.245. The van der Waals surface area contributed by atoms with Gasteiger partial charge in [0, 0.05) is 30.3 Å². The predicted molar refractivity (Wildman–Crippen MR) is 137 cm³/mol. The molecule has 0 bridgehead atoms. The summed E-state index contributed by atoms with van der Waals surface area (Å²) in [6.07, 6.45) is 2.55. The second-order valence-corrected chi connectivity index (χ2v) is 10.3. The topological polar surface area (TPSA) is 97.3 Å². The Kier molecular flexibility index (Phi) is 7.28. The van der Waals surface area contributed by atoms with Crippen molar-refractivity contribution in [3.8, 4) is 17.7 Å². The highest BCUT2D eigenvalue weighted by Crippen LogP contribution is 2.29. The van der Waals surface area contributed by atoms with E-state index in [4.69, 9.17) is 4.74 Å². The zero-order chi connectivity index (χ0) is 25.0. The van der Waals surface area contributed by atoms with Crippen LogP contribution in [0, 0.1) is 12.0 Å². The molecule has 0 spiro atoms. The predicted octanol–water partition coefficient (Wildman–Crippen LogP) is 3.12. The maximum Gasteiger partial charge on any atom is 0.175 e. The first kappa shape index (κ1) is 24.6. The molecular formula is C25H28FN5O3S. The van der Waals surface area contributed by atoms with Crippen LogP contribution in [0.25, 0.3) is 17.0 Å². The first-order valence-corrected chi connectivity index (χ1v) is 13.1. The monoisotopic (exact) mass is 497 g/mol. The lowest BCUT2D eigenvalue weighted by Gasteiger charge is -2.28. The molecule has 1 saturated heterocycles. The summed E-state index contributed by atoms with van der Waals surface area (Å²) in [4.78, 5) is 0.179. The second kappa shape index (κ2) is 10.4. The molecule has 1 aliphatic rings. The van der Waals surface area contributed by atoms with Gasteiger partial charge >= 0.3 is 0 Å². The van der Waals surface area contributed by atoms with E-state index >= 15 is 0 Å². The summed E-state index contributed by atoms with van der Waals surface area (Å²) in [5.74, 6) is 3.43. The third kappa shape index (κ3) is 5.42. The number of sulfone groups is 1. The average Bonchev–Trinajstić information content (AvgIpc) is 3.21. The number of hydrogen-bond donors (Lipinski definition) is 3. The summed E-state index contributed by atoms with van der Waals surface area (Å²) in [7, 11) is -1.86. The summed E-state index contributed by atoms with van der Waals surface area (Å²) in [5.41, 5.74) is 2.83. The number of alkyl halides is 1. The van der Waals surface area contributed by atoms with E-state index in [2.05, 4.69) is 39.6 Å². The third-order valence-corrected chi connectivity index (χ3v) is 6.95. The molecule has 0 amide bonds. The van der Waals surface area contributed by atoms with Crippen LogP contribution in [-0.4, -0.2) is 63.4 Å². The summed E-state index contributed by atoms with van der Waals surface area (Å²) in [6.45, 7) is 5.27. The molecule has 2 aromatic carbocycles. The lowest BCUT2D eigenvalue weighted by atomic mass is 10.0. The SMILES string of the molecule is C=Cc1c2cccc(N[C@@H]3CCNC[C@@H]3F)c2nn1C#CCNc1ccc(S(C)(=O)=O)cc1OC. The number of ether oxygens (including phenoxy) is 1. The molecule has 1 fully saturated rings. The lowest BCUT2D eigenvalue weighted by Crippen LogP contribution is -2.45. The summed E-state index contributed by atoms with van der Waals surface area (Å²) >= 11 is 0. The van der Waals surface area contributed by atoms with Gasteiger partial charge in [-0.1, -0.05) is 24.6 Å². The van der Waals surface area contributed by atoms with E-state index in [-0.39, 0.29) is 17.5 Å². The van der Waals surface area contributed by atoms with Gasteiger partial charge in [-0.25, -0.2) is 12.8 Å². The third-order valence-electron chi connectivity index (χ3n) is 5.84. The fourth-order valence-electron chi connectivity index (χ4n) is 4.01. The van der Waals surface area contributed by atoms with Crippen LogP contribution in [0.4, 0.5) is 15.8 Å². The van der Waals surface area contributed by atoms with Crippen LogP contribution < -0.4 is 20.7 Å². The van der Waals surface area contributed by atoms with Gasteiger partial charge in [-0.3, -0.25) is 0 Å². The van der Waals surface area contributed by atoms with Crippen LogP contribution in [0.2, 0.25) is 0 Å². The Morgan fingerprint density at radius 3 is 2.89 bits per heavy atom. The van der Waals surface area contributed by atoms with Crippen molar-refractivity contribution < 1.29 is 17.5 Å². The minimum Gasteiger partial charge on any atom is -0.495 e. The quantitative estimate of drug-likeness (QED) is 0.432. The minimum absolute atomic E-state index is 0.179. The maximum absolute atomic E-state index is 14.3. The number of nitrogens with one attached hydrogen (secondary N) is 3. The number of aromatic nitrogens is 2. The summed E-state index contributed by atoms with van der Waals surface area (Å²) in [5, 5.41) is 15.0. The standard InChI is InChI=1S/C25H28FN5O3S/c1-4-23-18-7-5-8-22(29-20-11-13-27-16-19(20)26)25(18)30-31(23)14-6-12-28-21-10-9-17(35(3,32)33)15-24(21)34-2/h4-5,7-10,15,19-20,27-29H,1,11-13,16H2,2-3H3/t19-,20+/m0/s1. The Hall–Kier alpha value is -3.55. The molecule has 184 valence electrons. The Labute approximate surface area is 204 Å². The highest BCUT2D eigenvalue weighted by atomic mass is 32.2. The molecule has 0 aliphatic carbocycles. The normalized spacial score (nSPS) is 17.9. The molecular weight excluding hydrogens is 469 g/mol. The Morgan fingerprint density at radius 1 is 1.34 bits per heavy atom. The molecule has 3 aromatic rings. The van der Waals surface area contributed by atoms with E-state index < -0.39 is 16.0 Å². The van der Waals surface area contributed by atoms with Gasteiger partial charge in [0.1, 0.15) is 17.4 Å². The zero-order valence-electron chi connectivity index (χ0n) is 19.6. The average molecular weight is 498 g/mol. The number of benzene rings is 2. The molecule has 3 N–H and O–H groups in total. The smallest absolute Gasteiger partial charge is 0.175 e. The number of rotatable bonds is 7. The Balaban J connectivity index is 1.54. The molecule has 4 rings (SSSR count). The molecule has 8 nitrogen and oxygen atoms in total. The van der Waals surface area contributed by atoms with Gasteiger partial charge in [-0.2, -0.15) is 9.78 Å². The van der Waals surface area contributed by atoms with Crippen molar-refractivity contribution in [3.63, 3.8) is 0 Å². The van der Waals surface area contributed by atoms with Crippen molar-refractivity contribution >= 4 is 38.2 Å². The first-order chi connectivity index (χ1) is 16.8. The highest BCUT2D eigenvalue weighted by molar-refractivity contribution is 7.90. The van der Waals surface area contributed by atoms with Crippen molar-refractivity contribution in [2.45, 2.75) is 23.5 Å². The van der Waals surface area contributed by atoms with Crippen LogP contribution >= 0.6 is 0 Å². The molecule has 1 aliphatic heterocycles. The molecule has 0 unspecified atom stereocenters. The molecule has 1 aromatic heterocycles. The number of anilines is 2.